The molecule has 1 atom stereocenters. The summed E-state index contributed by atoms with van der Waals surface area (Å²) in [5, 5.41) is 7.20. The van der Waals surface area contributed by atoms with Gasteiger partial charge in [-0.05, 0) is 37.7 Å². The second-order valence-electron chi connectivity index (χ2n) is 5.45. The van der Waals surface area contributed by atoms with Gasteiger partial charge in [0.25, 0.3) is 0 Å². The number of aryl methyl sites for hydroxylation is 1. The molecule has 1 aromatic rings. The summed E-state index contributed by atoms with van der Waals surface area (Å²) in [6.45, 7) is 4.34. The number of amides is 2. The highest BCUT2D eigenvalue weighted by atomic mass is 32.2. The largest absolute Gasteiger partial charge is 0.334 e. The molecule has 1 unspecified atom stereocenters. The number of carbonyl (C=O) groups excluding carboxylic acids is 1. The first-order valence-corrected chi connectivity index (χ1v) is 8.50. The van der Waals surface area contributed by atoms with Crippen LogP contribution in [0.25, 0.3) is 0 Å². The lowest BCUT2D eigenvalue weighted by molar-refractivity contribution is 0.170. The molecule has 1 N–H and O–H groups in total. The van der Waals surface area contributed by atoms with Crippen molar-refractivity contribution >= 4 is 17.8 Å². The highest BCUT2D eigenvalue weighted by molar-refractivity contribution is 7.98. The van der Waals surface area contributed by atoms with Gasteiger partial charge in [-0.3, -0.25) is 4.68 Å². The molecule has 5 nitrogen and oxygen atoms in total. The number of nitrogens with zero attached hydrogens (tertiary/aromatic N) is 3. The lowest BCUT2D eigenvalue weighted by Crippen LogP contribution is -2.45. The van der Waals surface area contributed by atoms with Gasteiger partial charge >= 0.3 is 6.03 Å². The van der Waals surface area contributed by atoms with Crippen LogP contribution in [0.4, 0.5) is 4.79 Å². The van der Waals surface area contributed by atoms with E-state index in [-0.39, 0.29) is 6.03 Å². The van der Waals surface area contributed by atoms with E-state index in [9.17, 15) is 4.79 Å². The second kappa shape index (κ2) is 7.02. The first-order chi connectivity index (χ1) is 9.61. The quantitative estimate of drug-likeness (QED) is 0.925. The number of likely N-dealkylation sites (tertiary alicyclic amines) is 1. The third-order valence-electron chi connectivity index (χ3n) is 3.98. The highest BCUT2D eigenvalue weighted by Gasteiger charge is 2.23. The normalized spacial score (nSPS) is 19.1. The van der Waals surface area contributed by atoms with Crippen molar-refractivity contribution in [2.24, 2.45) is 13.0 Å². The molecule has 2 heterocycles. The number of aromatic nitrogens is 2. The van der Waals surface area contributed by atoms with Crippen LogP contribution in [0.1, 0.15) is 24.1 Å². The SMILES string of the molecule is CSCC1CCCN(C(=O)NCc2cnn(C)c2C)C1. The van der Waals surface area contributed by atoms with Gasteiger partial charge in [-0.2, -0.15) is 16.9 Å². The van der Waals surface area contributed by atoms with E-state index < -0.39 is 0 Å². The summed E-state index contributed by atoms with van der Waals surface area (Å²) < 4.78 is 1.83. The van der Waals surface area contributed by atoms with Gasteiger partial charge in [-0.15, -0.1) is 0 Å². The fourth-order valence-corrected chi connectivity index (χ4v) is 3.37. The lowest BCUT2D eigenvalue weighted by atomic mass is 10.0. The predicted molar refractivity (Wildman–Crippen MR) is 82.9 cm³/mol. The Morgan fingerprint density at radius 1 is 1.60 bits per heavy atom. The van der Waals surface area contributed by atoms with E-state index in [0.29, 0.717) is 12.5 Å². The number of hydrogen-bond donors (Lipinski definition) is 1. The predicted octanol–water partition coefficient (Wildman–Crippen LogP) is 2.01. The van der Waals surface area contributed by atoms with Gasteiger partial charge in [0.15, 0.2) is 0 Å². The topological polar surface area (TPSA) is 50.2 Å². The Bertz CT molecular complexity index is 458. The minimum Gasteiger partial charge on any atom is -0.334 e. The van der Waals surface area contributed by atoms with Crippen LogP contribution in [0.3, 0.4) is 0 Å². The Labute approximate surface area is 125 Å². The Morgan fingerprint density at radius 2 is 2.40 bits per heavy atom. The van der Waals surface area contributed by atoms with E-state index in [4.69, 9.17) is 0 Å². The van der Waals surface area contributed by atoms with Gasteiger partial charge in [-0.25, -0.2) is 4.79 Å². The van der Waals surface area contributed by atoms with Crippen LogP contribution in [0, 0.1) is 12.8 Å². The van der Waals surface area contributed by atoms with E-state index in [2.05, 4.69) is 16.7 Å². The van der Waals surface area contributed by atoms with Crippen LogP contribution in [0.2, 0.25) is 0 Å². The maximum atomic E-state index is 12.2. The summed E-state index contributed by atoms with van der Waals surface area (Å²) in [4.78, 5) is 14.2. The minimum atomic E-state index is 0.0547. The number of thioether (sulfide) groups is 1. The smallest absolute Gasteiger partial charge is 0.317 e. The molecule has 0 radical (unpaired) electrons. The molecule has 1 aliphatic rings. The van der Waals surface area contributed by atoms with Crippen LogP contribution < -0.4 is 5.32 Å². The zero-order chi connectivity index (χ0) is 14.5. The average Bonchev–Trinajstić information content (AvgIpc) is 2.77. The Hall–Kier alpha value is -1.17. The number of piperidine rings is 1. The maximum Gasteiger partial charge on any atom is 0.317 e. The van der Waals surface area contributed by atoms with Crippen molar-refractivity contribution in [1.29, 1.82) is 0 Å². The van der Waals surface area contributed by atoms with Gasteiger partial charge < -0.3 is 10.2 Å². The molecule has 0 saturated carbocycles. The monoisotopic (exact) mass is 296 g/mol. The molecule has 1 saturated heterocycles. The van der Waals surface area contributed by atoms with Crippen molar-refractivity contribution in [2.45, 2.75) is 26.3 Å². The van der Waals surface area contributed by atoms with Crippen LogP contribution >= 0.6 is 11.8 Å². The molecule has 1 aliphatic heterocycles. The number of rotatable bonds is 4. The summed E-state index contributed by atoms with van der Waals surface area (Å²) in [6.07, 6.45) is 6.31. The molecule has 112 valence electrons. The maximum absolute atomic E-state index is 12.2. The zero-order valence-electron chi connectivity index (χ0n) is 12.6. The molecular formula is C14H24N4OS. The molecular weight excluding hydrogens is 272 g/mol. The molecule has 1 fully saturated rings. The third kappa shape index (κ3) is 3.69. The summed E-state index contributed by atoms with van der Waals surface area (Å²) in [5.74, 6) is 1.79. The number of hydrogen-bond acceptors (Lipinski definition) is 3. The van der Waals surface area contributed by atoms with Crippen molar-refractivity contribution in [3.63, 3.8) is 0 Å². The summed E-state index contributed by atoms with van der Waals surface area (Å²) >= 11 is 1.87. The Morgan fingerprint density at radius 3 is 3.05 bits per heavy atom. The van der Waals surface area contributed by atoms with Crippen molar-refractivity contribution in [1.82, 2.24) is 20.0 Å². The molecule has 2 rings (SSSR count). The van der Waals surface area contributed by atoms with Gasteiger partial charge in [0.05, 0.1) is 6.20 Å². The molecule has 2 amide bonds. The van der Waals surface area contributed by atoms with E-state index in [1.807, 2.05) is 41.5 Å². The van der Waals surface area contributed by atoms with Crippen LogP contribution in [-0.2, 0) is 13.6 Å². The van der Waals surface area contributed by atoms with Gasteiger partial charge in [0.1, 0.15) is 0 Å². The molecule has 20 heavy (non-hydrogen) atoms. The second-order valence-corrected chi connectivity index (χ2v) is 6.36. The molecule has 0 aromatic carbocycles. The summed E-state index contributed by atoms with van der Waals surface area (Å²) in [6, 6.07) is 0.0547. The number of nitrogens with one attached hydrogen (secondary N) is 1. The first-order valence-electron chi connectivity index (χ1n) is 7.11. The molecule has 1 aromatic heterocycles. The van der Waals surface area contributed by atoms with E-state index in [0.717, 1.165) is 36.5 Å². The summed E-state index contributed by atoms with van der Waals surface area (Å²) in [5.41, 5.74) is 2.18. The third-order valence-corrected chi connectivity index (χ3v) is 4.78. The fourth-order valence-electron chi connectivity index (χ4n) is 2.62. The summed E-state index contributed by atoms with van der Waals surface area (Å²) in [7, 11) is 1.91. The minimum absolute atomic E-state index is 0.0547. The van der Waals surface area contributed by atoms with E-state index in [1.165, 1.54) is 6.42 Å². The first kappa shape index (κ1) is 15.2. The Kier molecular flexibility index (Phi) is 5.34. The number of carbonyl (C=O) groups is 1. The number of urea groups is 1. The fraction of sp³-hybridized carbons (Fsp3) is 0.714. The molecule has 0 aliphatic carbocycles. The van der Waals surface area contributed by atoms with E-state index >= 15 is 0 Å². The standard InChI is InChI=1S/C14H24N4OS/c1-11-13(8-16-17(11)2)7-15-14(19)18-6-4-5-12(9-18)10-20-3/h8,12H,4-7,9-10H2,1-3H3,(H,15,19). The van der Waals surface area contributed by atoms with Crippen molar-refractivity contribution in [3.05, 3.63) is 17.5 Å². The van der Waals surface area contributed by atoms with Crippen LogP contribution in [0.5, 0.6) is 0 Å². The van der Waals surface area contributed by atoms with Gasteiger partial charge in [0, 0.05) is 37.9 Å². The molecule has 0 bridgehead atoms. The van der Waals surface area contributed by atoms with E-state index in [1.54, 1.807) is 0 Å². The van der Waals surface area contributed by atoms with Crippen LogP contribution in [-0.4, -0.2) is 45.8 Å². The zero-order valence-corrected chi connectivity index (χ0v) is 13.4. The van der Waals surface area contributed by atoms with Gasteiger partial charge in [-0.1, -0.05) is 0 Å². The van der Waals surface area contributed by atoms with Crippen molar-refractivity contribution in [3.8, 4) is 0 Å². The lowest BCUT2D eigenvalue weighted by Gasteiger charge is -2.32. The van der Waals surface area contributed by atoms with Crippen LogP contribution in [0.15, 0.2) is 6.20 Å². The molecule has 0 spiro atoms. The van der Waals surface area contributed by atoms with Gasteiger partial charge in [0.2, 0.25) is 0 Å². The molecule has 6 heteroatoms. The highest BCUT2D eigenvalue weighted by Crippen LogP contribution is 2.19. The van der Waals surface area contributed by atoms with Crippen molar-refractivity contribution < 1.29 is 4.79 Å². The average molecular weight is 296 g/mol. The Balaban J connectivity index is 1.84. The van der Waals surface area contributed by atoms with Crippen molar-refractivity contribution in [2.75, 3.05) is 25.1 Å².